The van der Waals surface area contributed by atoms with Crippen LogP contribution in [-0.2, 0) is 9.47 Å². The fourth-order valence-electron chi connectivity index (χ4n) is 4.93. The van der Waals surface area contributed by atoms with E-state index in [1.807, 2.05) is 30.6 Å². The Bertz CT molecular complexity index is 1370. The second kappa shape index (κ2) is 11.0. The molecule has 0 aliphatic carbocycles. The molecule has 14 heteroatoms. The molecular formula is C26H34F2N8O4. The number of anilines is 2. The molecular weight excluding hydrogens is 526 g/mol. The van der Waals surface area contributed by atoms with Gasteiger partial charge < -0.3 is 24.0 Å². The maximum atomic E-state index is 14.3. The highest BCUT2D eigenvalue weighted by Gasteiger charge is 2.36. The van der Waals surface area contributed by atoms with Crippen LogP contribution in [0.4, 0.5) is 25.5 Å². The van der Waals surface area contributed by atoms with Gasteiger partial charge in [0.15, 0.2) is 5.82 Å². The van der Waals surface area contributed by atoms with E-state index < -0.39 is 30.1 Å². The van der Waals surface area contributed by atoms with Crippen molar-refractivity contribution in [1.82, 2.24) is 29.4 Å². The topological polar surface area (TPSA) is 111 Å². The van der Waals surface area contributed by atoms with E-state index in [-0.39, 0.29) is 17.4 Å². The average Bonchev–Trinajstić information content (AvgIpc) is 3.57. The molecule has 12 nitrogen and oxygen atoms in total. The Morgan fingerprint density at radius 2 is 1.77 bits per heavy atom. The Balaban J connectivity index is 1.63. The number of nitrogens with zero attached hydrogens (tertiary/aromatic N) is 8. The van der Waals surface area contributed by atoms with Crippen LogP contribution >= 0.6 is 0 Å². The largest absolute Gasteiger partial charge is 0.494 e. The number of hydrogen-bond donors (Lipinski definition) is 0. The number of para-hydroxylation sites is 1. The predicted molar refractivity (Wildman–Crippen MR) is 143 cm³/mol. The Labute approximate surface area is 230 Å². The molecule has 3 aromatic rings. The first-order valence-electron chi connectivity index (χ1n) is 13.2. The number of amides is 1. The Kier molecular flexibility index (Phi) is 7.62. The smallest absolute Gasteiger partial charge is 0.411 e. The summed E-state index contributed by atoms with van der Waals surface area (Å²) in [4.78, 5) is 36.5. The van der Waals surface area contributed by atoms with Crippen LogP contribution in [-0.4, -0.2) is 94.3 Å². The third-order valence-electron chi connectivity index (χ3n) is 6.79. The number of benzene rings is 1. The summed E-state index contributed by atoms with van der Waals surface area (Å²) in [6.07, 6.45) is -2.32. The van der Waals surface area contributed by atoms with Gasteiger partial charge >= 0.3 is 6.09 Å². The third kappa shape index (κ3) is 5.44. The van der Waals surface area contributed by atoms with Crippen LogP contribution in [0, 0.1) is 0 Å². The number of ether oxygens (including phenoxy) is 3. The van der Waals surface area contributed by atoms with E-state index in [4.69, 9.17) is 19.2 Å². The molecule has 2 aliphatic heterocycles. The van der Waals surface area contributed by atoms with Crippen LogP contribution < -0.4 is 14.5 Å². The van der Waals surface area contributed by atoms with Gasteiger partial charge in [-0.3, -0.25) is 9.47 Å². The number of aromatic nitrogens is 5. The monoisotopic (exact) mass is 560 g/mol. The first-order chi connectivity index (χ1) is 19.1. The lowest BCUT2D eigenvalue weighted by Gasteiger charge is -2.34. The van der Waals surface area contributed by atoms with Crippen molar-refractivity contribution in [1.29, 1.82) is 0 Å². The number of morpholine rings is 1. The zero-order valence-electron chi connectivity index (χ0n) is 23.3. The van der Waals surface area contributed by atoms with Gasteiger partial charge in [-0.15, -0.1) is 0 Å². The molecule has 0 bridgehead atoms. The molecule has 2 fully saturated rings. The summed E-state index contributed by atoms with van der Waals surface area (Å²) in [5.41, 5.74) is -0.00384. The summed E-state index contributed by atoms with van der Waals surface area (Å²) in [6, 6.07) is 5.03. The first kappa shape index (κ1) is 27.7. The van der Waals surface area contributed by atoms with Crippen molar-refractivity contribution in [3.8, 4) is 11.7 Å². The fraction of sp³-hybridized carbons (Fsp3) is 0.577. The second-order valence-corrected chi connectivity index (χ2v) is 10.7. The molecule has 4 heterocycles. The van der Waals surface area contributed by atoms with Crippen molar-refractivity contribution in [2.45, 2.75) is 51.8 Å². The predicted octanol–water partition coefficient (Wildman–Crippen LogP) is 3.79. The zero-order chi connectivity index (χ0) is 28.6. The van der Waals surface area contributed by atoms with Crippen LogP contribution in [0.25, 0.3) is 17.0 Å². The Hall–Kier alpha value is -3.81. The van der Waals surface area contributed by atoms with Crippen LogP contribution in [0.3, 0.4) is 0 Å². The lowest BCUT2D eigenvalue weighted by molar-refractivity contribution is 0.0228. The number of fused-ring (bicyclic) bond motifs is 1. The molecule has 1 aromatic carbocycles. The molecule has 0 radical (unpaired) electrons. The second-order valence-electron chi connectivity index (χ2n) is 10.7. The highest BCUT2D eigenvalue weighted by molar-refractivity contribution is 5.84. The van der Waals surface area contributed by atoms with E-state index in [0.29, 0.717) is 56.5 Å². The molecule has 216 valence electrons. The molecule has 40 heavy (non-hydrogen) atoms. The molecule has 0 saturated carbocycles. The van der Waals surface area contributed by atoms with Crippen molar-refractivity contribution >= 4 is 29.0 Å². The van der Waals surface area contributed by atoms with Gasteiger partial charge in [0.1, 0.15) is 23.0 Å². The zero-order valence-corrected chi connectivity index (χ0v) is 23.3. The lowest BCUT2D eigenvalue weighted by atomic mass is 10.2. The van der Waals surface area contributed by atoms with Crippen molar-refractivity contribution in [2.24, 2.45) is 0 Å². The van der Waals surface area contributed by atoms with Crippen molar-refractivity contribution in [2.75, 3.05) is 56.8 Å². The minimum atomic E-state index is -2.90. The maximum absolute atomic E-state index is 14.3. The Morgan fingerprint density at radius 3 is 2.45 bits per heavy atom. The van der Waals surface area contributed by atoms with Gasteiger partial charge in [-0.05, 0) is 45.7 Å². The molecule has 2 saturated heterocycles. The number of rotatable bonds is 6. The van der Waals surface area contributed by atoms with Gasteiger partial charge in [-0.25, -0.2) is 18.6 Å². The third-order valence-corrected chi connectivity index (χ3v) is 6.79. The molecule has 0 spiro atoms. The highest BCUT2D eigenvalue weighted by atomic mass is 19.3. The maximum Gasteiger partial charge on any atom is 0.411 e. The fourth-order valence-corrected chi connectivity index (χ4v) is 4.93. The van der Waals surface area contributed by atoms with Crippen molar-refractivity contribution in [3.63, 3.8) is 0 Å². The van der Waals surface area contributed by atoms with Gasteiger partial charge in [0, 0.05) is 26.7 Å². The van der Waals surface area contributed by atoms with Gasteiger partial charge in [0.05, 0.1) is 25.8 Å². The number of carbonyl (C=O) groups is 1. The summed E-state index contributed by atoms with van der Waals surface area (Å²) in [5.74, 6) is 0.462. The van der Waals surface area contributed by atoms with E-state index in [0.717, 1.165) is 6.42 Å². The summed E-state index contributed by atoms with van der Waals surface area (Å²) in [7, 11) is 3.13. The van der Waals surface area contributed by atoms with Gasteiger partial charge in [0.2, 0.25) is 17.8 Å². The van der Waals surface area contributed by atoms with Crippen LogP contribution in [0.5, 0.6) is 5.75 Å². The highest BCUT2D eigenvalue weighted by Crippen LogP contribution is 2.33. The SMILES string of the molecule is COc1cccc2c1nc(C(F)F)n2-c1nc(N2CCOCC2)nc(N2CCCC2N(C)C(=O)OC(C)(C)C)n1. The van der Waals surface area contributed by atoms with Crippen molar-refractivity contribution < 1.29 is 27.8 Å². The number of carbonyl (C=O) groups excluding carboxylic acids is 1. The molecule has 1 unspecified atom stereocenters. The van der Waals surface area contributed by atoms with Crippen LogP contribution in [0.15, 0.2) is 18.2 Å². The van der Waals surface area contributed by atoms with Gasteiger partial charge in [-0.2, -0.15) is 15.0 Å². The van der Waals surface area contributed by atoms with E-state index >= 15 is 0 Å². The first-order valence-corrected chi connectivity index (χ1v) is 13.2. The standard InChI is InChI=1S/C26H34F2N8O4/c1-26(2,3)40-25(37)33(4)18-10-7-11-35(18)23-30-22(34-12-14-39-15-13-34)31-24(32-23)36-16-8-6-9-17(38-5)19(16)29-21(36)20(27)28/h6,8-9,18,20H,7,10-15H2,1-5H3. The van der Waals surface area contributed by atoms with E-state index in [9.17, 15) is 13.6 Å². The van der Waals surface area contributed by atoms with Crippen molar-refractivity contribution in [3.05, 3.63) is 24.0 Å². The molecule has 5 rings (SSSR count). The summed E-state index contributed by atoms with van der Waals surface area (Å²) in [6.45, 7) is 8.02. The molecule has 1 atom stereocenters. The summed E-state index contributed by atoms with van der Waals surface area (Å²) in [5, 5.41) is 0. The molecule has 2 aromatic heterocycles. The Morgan fingerprint density at radius 1 is 1.07 bits per heavy atom. The number of halogens is 2. The number of hydrogen-bond acceptors (Lipinski definition) is 10. The summed E-state index contributed by atoms with van der Waals surface area (Å²) < 4.78 is 46.4. The van der Waals surface area contributed by atoms with Crippen LogP contribution in [0.1, 0.15) is 45.9 Å². The van der Waals surface area contributed by atoms with E-state index in [1.165, 1.54) is 16.6 Å². The minimum Gasteiger partial charge on any atom is -0.494 e. The van der Waals surface area contributed by atoms with Gasteiger partial charge in [0.25, 0.3) is 6.43 Å². The molecule has 0 N–H and O–H groups in total. The normalized spacial score (nSPS) is 18.1. The van der Waals surface area contributed by atoms with Crippen LogP contribution in [0.2, 0.25) is 0 Å². The lowest BCUT2D eigenvalue weighted by Crippen LogP contribution is -2.48. The quantitative estimate of drug-likeness (QED) is 0.442. The van der Waals surface area contributed by atoms with E-state index in [1.54, 1.807) is 25.2 Å². The van der Waals surface area contributed by atoms with Gasteiger partial charge in [-0.1, -0.05) is 6.07 Å². The average molecular weight is 561 g/mol. The number of imidazole rings is 1. The molecule has 2 aliphatic rings. The summed E-state index contributed by atoms with van der Waals surface area (Å²) >= 11 is 0. The number of methoxy groups -OCH3 is 1. The van der Waals surface area contributed by atoms with E-state index in [2.05, 4.69) is 15.0 Å². The number of alkyl halides is 2. The minimum absolute atomic E-state index is 0.00289. The molecule has 1 amide bonds.